The Kier molecular flexibility index (Phi) is 7.40. The van der Waals surface area contributed by atoms with Gasteiger partial charge in [-0.15, -0.1) is 0 Å². The molecule has 0 aromatic heterocycles. The standard InChI is InChI=1S/C20H28ClFN2O4S/c1-23-29(26,27)24-20(25)16-11-17(21)19(12-18(16)22)28-7-3-6-15-9-13-4-2-5-14(8-13)10-15/h11-15,23H,2-10H2,1H3,(H,24,25). The predicted molar refractivity (Wildman–Crippen MR) is 110 cm³/mol. The first-order chi connectivity index (χ1) is 13.8. The lowest BCUT2D eigenvalue weighted by atomic mass is 9.67. The van der Waals surface area contributed by atoms with Crippen molar-refractivity contribution in [1.29, 1.82) is 0 Å². The molecule has 2 unspecified atom stereocenters. The van der Waals surface area contributed by atoms with Crippen LogP contribution in [0.3, 0.4) is 0 Å². The smallest absolute Gasteiger partial charge is 0.301 e. The van der Waals surface area contributed by atoms with Crippen LogP contribution in [-0.2, 0) is 10.2 Å². The van der Waals surface area contributed by atoms with Crippen LogP contribution in [0.15, 0.2) is 12.1 Å². The molecular weight excluding hydrogens is 419 g/mol. The maximum Gasteiger partial charge on any atom is 0.301 e. The second-order valence-corrected chi connectivity index (χ2v) is 10.2. The number of ether oxygens (including phenoxy) is 1. The molecule has 0 spiro atoms. The van der Waals surface area contributed by atoms with Gasteiger partial charge in [0.25, 0.3) is 5.91 Å². The van der Waals surface area contributed by atoms with Crippen LogP contribution in [-0.4, -0.2) is 28.0 Å². The quantitative estimate of drug-likeness (QED) is 0.590. The van der Waals surface area contributed by atoms with Gasteiger partial charge in [-0.3, -0.25) is 4.79 Å². The number of carbonyl (C=O) groups excluding carboxylic acids is 1. The lowest BCUT2D eigenvalue weighted by molar-refractivity contribution is 0.0977. The van der Waals surface area contributed by atoms with E-state index in [1.165, 1.54) is 38.5 Å². The topological polar surface area (TPSA) is 84.5 Å². The average Bonchev–Trinajstić information content (AvgIpc) is 2.66. The lowest BCUT2D eigenvalue weighted by Gasteiger charge is -2.39. The van der Waals surface area contributed by atoms with Crippen LogP contribution in [0.5, 0.6) is 5.75 Å². The zero-order valence-corrected chi connectivity index (χ0v) is 18.1. The van der Waals surface area contributed by atoms with Gasteiger partial charge in [-0.2, -0.15) is 8.42 Å². The van der Waals surface area contributed by atoms with Crippen molar-refractivity contribution < 1.29 is 22.3 Å². The number of amides is 1. The largest absolute Gasteiger partial charge is 0.492 e. The Balaban J connectivity index is 1.51. The van der Waals surface area contributed by atoms with E-state index in [2.05, 4.69) is 0 Å². The number of carbonyl (C=O) groups is 1. The van der Waals surface area contributed by atoms with Crippen molar-refractivity contribution >= 4 is 27.7 Å². The van der Waals surface area contributed by atoms with Crippen LogP contribution in [0, 0.1) is 23.6 Å². The number of rotatable bonds is 8. The number of benzene rings is 1. The molecule has 2 aliphatic rings. The highest BCUT2D eigenvalue weighted by Gasteiger charge is 2.31. The van der Waals surface area contributed by atoms with Crippen LogP contribution in [0.1, 0.15) is 61.7 Å². The minimum absolute atomic E-state index is 0.0607. The number of nitrogens with one attached hydrogen (secondary N) is 2. The molecule has 29 heavy (non-hydrogen) atoms. The van der Waals surface area contributed by atoms with Gasteiger partial charge >= 0.3 is 10.2 Å². The van der Waals surface area contributed by atoms with Crippen molar-refractivity contribution in [3.05, 3.63) is 28.5 Å². The van der Waals surface area contributed by atoms with Crippen LogP contribution in [0.25, 0.3) is 0 Å². The highest BCUT2D eigenvalue weighted by Crippen LogP contribution is 2.43. The van der Waals surface area contributed by atoms with Crippen molar-refractivity contribution in [3.8, 4) is 5.75 Å². The normalized spacial score (nSPS) is 24.2. The fraction of sp³-hybridized carbons (Fsp3) is 0.650. The fourth-order valence-electron chi connectivity index (χ4n) is 4.70. The summed E-state index contributed by atoms with van der Waals surface area (Å²) in [5.74, 6) is 0.680. The molecule has 0 heterocycles. The number of hydrogen-bond donors (Lipinski definition) is 2. The summed E-state index contributed by atoms with van der Waals surface area (Å²) in [6, 6.07) is 2.10. The van der Waals surface area contributed by atoms with Crippen molar-refractivity contribution in [2.45, 2.75) is 51.4 Å². The molecule has 0 radical (unpaired) electrons. The summed E-state index contributed by atoms with van der Waals surface area (Å²) in [6.45, 7) is 0.421. The molecule has 0 aliphatic heterocycles. The highest BCUT2D eigenvalue weighted by molar-refractivity contribution is 7.88. The molecule has 2 atom stereocenters. The molecule has 6 nitrogen and oxygen atoms in total. The first kappa shape index (κ1) is 22.3. The van der Waals surface area contributed by atoms with E-state index in [0.717, 1.165) is 49.8 Å². The van der Waals surface area contributed by atoms with Gasteiger partial charge in [0.1, 0.15) is 11.6 Å². The van der Waals surface area contributed by atoms with Gasteiger partial charge < -0.3 is 4.74 Å². The summed E-state index contributed by atoms with van der Waals surface area (Å²) in [6.07, 6.45) is 10.1. The van der Waals surface area contributed by atoms with E-state index in [4.69, 9.17) is 16.3 Å². The monoisotopic (exact) mass is 446 g/mol. The molecule has 2 bridgehead atoms. The zero-order chi connectivity index (χ0) is 21.0. The summed E-state index contributed by atoms with van der Waals surface area (Å²) >= 11 is 6.11. The van der Waals surface area contributed by atoms with Crippen molar-refractivity contribution in [3.63, 3.8) is 0 Å². The minimum atomic E-state index is -4.03. The van der Waals surface area contributed by atoms with E-state index in [0.29, 0.717) is 6.61 Å². The molecule has 3 rings (SSSR count). The molecule has 2 fully saturated rings. The predicted octanol–water partition coefficient (Wildman–Crippen LogP) is 4.05. The van der Waals surface area contributed by atoms with Crippen LogP contribution < -0.4 is 14.2 Å². The Morgan fingerprint density at radius 3 is 2.59 bits per heavy atom. The van der Waals surface area contributed by atoms with E-state index in [1.807, 2.05) is 4.72 Å². The molecule has 2 saturated carbocycles. The molecule has 1 aromatic rings. The number of fused-ring (bicyclic) bond motifs is 2. The second-order valence-electron chi connectivity index (χ2n) is 8.13. The van der Waals surface area contributed by atoms with Gasteiger partial charge in [0.05, 0.1) is 17.2 Å². The highest BCUT2D eigenvalue weighted by atomic mass is 35.5. The van der Waals surface area contributed by atoms with Gasteiger partial charge in [-0.25, -0.2) is 13.8 Å². The van der Waals surface area contributed by atoms with E-state index in [9.17, 15) is 17.6 Å². The third kappa shape index (κ3) is 6.06. The Hall–Kier alpha value is -1.38. The lowest BCUT2D eigenvalue weighted by Crippen LogP contribution is -2.38. The molecule has 162 valence electrons. The van der Waals surface area contributed by atoms with E-state index >= 15 is 0 Å². The molecule has 2 aliphatic carbocycles. The third-order valence-electron chi connectivity index (χ3n) is 6.00. The van der Waals surface area contributed by atoms with Gasteiger partial charge in [0.2, 0.25) is 0 Å². The van der Waals surface area contributed by atoms with E-state index in [-0.39, 0.29) is 10.8 Å². The van der Waals surface area contributed by atoms with E-state index < -0.39 is 27.5 Å². The molecule has 0 saturated heterocycles. The second kappa shape index (κ2) is 9.62. The molecule has 9 heteroatoms. The van der Waals surface area contributed by atoms with Crippen LogP contribution >= 0.6 is 11.6 Å². The van der Waals surface area contributed by atoms with E-state index in [1.54, 1.807) is 4.72 Å². The molecule has 1 aromatic carbocycles. The SMILES string of the molecule is CNS(=O)(=O)NC(=O)c1cc(Cl)c(OCCCC2CC3CCCC(C2)C3)cc1F. The Morgan fingerprint density at radius 1 is 1.24 bits per heavy atom. The minimum Gasteiger partial charge on any atom is -0.492 e. The third-order valence-corrected chi connectivity index (χ3v) is 7.29. The zero-order valence-electron chi connectivity index (χ0n) is 16.5. The van der Waals surface area contributed by atoms with Gasteiger partial charge in [-0.1, -0.05) is 30.9 Å². The summed E-state index contributed by atoms with van der Waals surface area (Å²) in [5, 5.41) is 0.0607. The van der Waals surface area contributed by atoms with Crippen LogP contribution in [0.2, 0.25) is 5.02 Å². The van der Waals surface area contributed by atoms with Crippen LogP contribution in [0.4, 0.5) is 4.39 Å². The molecular formula is C20H28ClFN2O4S. The summed E-state index contributed by atoms with van der Waals surface area (Å²) in [5.41, 5.74) is -0.463. The summed E-state index contributed by atoms with van der Waals surface area (Å²) in [7, 11) is -2.90. The van der Waals surface area contributed by atoms with Crippen molar-refractivity contribution in [2.75, 3.05) is 13.7 Å². The summed E-state index contributed by atoms with van der Waals surface area (Å²) < 4.78 is 46.3. The number of halogens is 2. The summed E-state index contributed by atoms with van der Waals surface area (Å²) in [4.78, 5) is 12.0. The van der Waals surface area contributed by atoms with Crippen molar-refractivity contribution in [1.82, 2.24) is 9.44 Å². The Labute approximate surface area is 176 Å². The first-order valence-corrected chi connectivity index (χ1v) is 12.0. The maximum absolute atomic E-state index is 14.3. The fourth-order valence-corrected chi connectivity index (χ4v) is 5.37. The Morgan fingerprint density at radius 2 is 1.93 bits per heavy atom. The van der Waals surface area contributed by atoms with Crippen molar-refractivity contribution in [2.24, 2.45) is 17.8 Å². The Bertz CT molecular complexity index is 837. The van der Waals surface area contributed by atoms with Gasteiger partial charge in [-0.05, 0) is 55.9 Å². The van der Waals surface area contributed by atoms with Gasteiger partial charge in [0.15, 0.2) is 0 Å². The molecule has 2 N–H and O–H groups in total. The maximum atomic E-state index is 14.3. The number of hydrogen-bond acceptors (Lipinski definition) is 4. The molecule has 1 amide bonds. The first-order valence-electron chi connectivity index (χ1n) is 10.1. The van der Waals surface area contributed by atoms with Gasteiger partial charge in [0, 0.05) is 13.1 Å². The average molecular weight is 447 g/mol.